The van der Waals surface area contributed by atoms with Crippen LogP contribution in [0.5, 0.6) is 0 Å². The van der Waals surface area contributed by atoms with Crippen LogP contribution in [0.25, 0.3) is 0 Å². The molecule has 0 bridgehead atoms. The molecule has 0 saturated heterocycles. The lowest BCUT2D eigenvalue weighted by Crippen LogP contribution is -2.30. The molecule has 0 aliphatic rings. The summed E-state index contributed by atoms with van der Waals surface area (Å²) in [5.74, 6) is -0.870. The maximum atomic E-state index is 12.8. The van der Waals surface area contributed by atoms with Crippen LogP contribution in [0.3, 0.4) is 0 Å². The third-order valence-electron chi connectivity index (χ3n) is 13.4. The van der Waals surface area contributed by atoms with Crippen LogP contribution >= 0.6 is 0 Å². The maximum absolute atomic E-state index is 12.8. The van der Waals surface area contributed by atoms with Crippen LogP contribution in [-0.2, 0) is 28.6 Å². The minimum absolute atomic E-state index is 0.0742. The molecule has 1 unspecified atom stereocenters. The average Bonchev–Trinajstić information content (AvgIpc) is 3.34. The van der Waals surface area contributed by atoms with Crippen molar-refractivity contribution in [2.45, 2.75) is 329 Å². The van der Waals surface area contributed by atoms with Gasteiger partial charge in [0, 0.05) is 19.3 Å². The van der Waals surface area contributed by atoms with Crippen LogP contribution in [0.1, 0.15) is 323 Å². The third kappa shape index (κ3) is 54.6. The first kappa shape index (κ1) is 65.6. The number of allylic oxidation sites excluding steroid dienone is 6. The molecular formula is C62H114O6. The largest absolute Gasteiger partial charge is 0.462 e. The summed E-state index contributed by atoms with van der Waals surface area (Å²) in [6.07, 6.45) is 68.6. The zero-order chi connectivity index (χ0) is 49.3. The van der Waals surface area contributed by atoms with E-state index in [4.69, 9.17) is 14.2 Å². The molecule has 0 aliphatic carbocycles. The highest BCUT2D eigenvalue weighted by Gasteiger charge is 2.19. The minimum atomic E-state index is -0.777. The van der Waals surface area contributed by atoms with Crippen molar-refractivity contribution in [1.29, 1.82) is 0 Å². The number of hydrogen-bond acceptors (Lipinski definition) is 6. The molecule has 0 rings (SSSR count). The van der Waals surface area contributed by atoms with Gasteiger partial charge in [-0.25, -0.2) is 0 Å². The lowest BCUT2D eigenvalue weighted by molar-refractivity contribution is -0.167. The van der Waals surface area contributed by atoms with Crippen molar-refractivity contribution in [2.75, 3.05) is 13.2 Å². The van der Waals surface area contributed by atoms with E-state index in [1.54, 1.807) is 0 Å². The van der Waals surface area contributed by atoms with Crippen molar-refractivity contribution in [3.63, 3.8) is 0 Å². The molecule has 68 heavy (non-hydrogen) atoms. The molecular weight excluding hydrogens is 841 g/mol. The van der Waals surface area contributed by atoms with E-state index < -0.39 is 6.10 Å². The molecule has 0 fully saturated rings. The number of rotatable bonds is 55. The summed E-state index contributed by atoms with van der Waals surface area (Å²) in [5.41, 5.74) is 0. The molecule has 0 aromatic rings. The first-order valence-electron chi connectivity index (χ1n) is 30.0. The standard InChI is InChI=1S/C62H114O6/c1-4-7-10-13-16-19-22-25-28-29-30-31-32-33-35-37-40-43-46-49-52-55-61(64)67-58-59(57-66-60(63)54-51-48-45-42-39-36-27-24-21-18-15-12-9-6-3)68-62(65)56-53-50-47-44-41-38-34-26-23-20-17-14-11-8-5-2/h8,11,17,20,26,34,59H,4-7,9-10,12-16,18-19,21-25,27-33,35-58H2,1-3H3/b11-8-,20-17-,34-26-. The van der Waals surface area contributed by atoms with E-state index >= 15 is 0 Å². The first-order chi connectivity index (χ1) is 33.5. The van der Waals surface area contributed by atoms with Gasteiger partial charge in [0.05, 0.1) is 0 Å². The molecule has 0 saturated carbocycles. The van der Waals surface area contributed by atoms with E-state index in [1.165, 1.54) is 186 Å². The van der Waals surface area contributed by atoms with Crippen LogP contribution < -0.4 is 0 Å². The van der Waals surface area contributed by atoms with Crippen molar-refractivity contribution < 1.29 is 28.6 Å². The SMILES string of the molecule is CC/C=C\C/C=C\C/C=C\CCCCCCCC(=O)OC(COC(=O)CCCCCCCCCCCCCCCC)COC(=O)CCCCCCCCCCCCCCCCCCCCCCC. The van der Waals surface area contributed by atoms with Gasteiger partial charge in [0.15, 0.2) is 6.10 Å². The van der Waals surface area contributed by atoms with E-state index in [1.807, 2.05) is 0 Å². The molecule has 0 N–H and O–H groups in total. The average molecular weight is 956 g/mol. The zero-order valence-corrected chi connectivity index (χ0v) is 45.6. The Labute approximate surface area is 423 Å². The molecule has 6 nitrogen and oxygen atoms in total. The molecule has 0 aromatic heterocycles. The smallest absolute Gasteiger partial charge is 0.306 e. The fraction of sp³-hybridized carbons (Fsp3) is 0.855. The Morgan fingerprint density at radius 2 is 0.574 bits per heavy atom. The van der Waals surface area contributed by atoms with Crippen molar-refractivity contribution in [2.24, 2.45) is 0 Å². The summed E-state index contributed by atoms with van der Waals surface area (Å²) in [4.78, 5) is 38.2. The Hall–Kier alpha value is -2.37. The van der Waals surface area contributed by atoms with E-state index in [9.17, 15) is 14.4 Å². The van der Waals surface area contributed by atoms with Crippen LogP contribution in [0.2, 0.25) is 0 Å². The van der Waals surface area contributed by atoms with Gasteiger partial charge in [-0.2, -0.15) is 0 Å². The zero-order valence-electron chi connectivity index (χ0n) is 45.6. The Bertz CT molecular complexity index is 1140. The van der Waals surface area contributed by atoms with Gasteiger partial charge in [0.1, 0.15) is 13.2 Å². The van der Waals surface area contributed by atoms with Gasteiger partial charge in [-0.15, -0.1) is 0 Å². The molecule has 0 aliphatic heterocycles. The normalized spacial score (nSPS) is 12.2. The lowest BCUT2D eigenvalue weighted by atomic mass is 10.0. The molecule has 1 atom stereocenters. The van der Waals surface area contributed by atoms with Crippen molar-refractivity contribution >= 4 is 17.9 Å². The Morgan fingerprint density at radius 3 is 0.897 bits per heavy atom. The Morgan fingerprint density at radius 1 is 0.309 bits per heavy atom. The number of hydrogen-bond donors (Lipinski definition) is 0. The molecule has 398 valence electrons. The van der Waals surface area contributed by atoms with Crippen molar-refractivity contribution in [3.05, 3.63) is 36.5 Å². The van der Waals surface area contributed by atoms with Gasteiger partial charge in [-0.3, -0.25) is 14.4 Å². The second-order valence-corrected chi connectivity index (χ2v) is 20.2. The quantitative estimate of drug-likeness (QED) is 0.0262. The maximum Gasteiger partial charge on any atom is 0.306 e. The number of carbonyl (C=O) groups is 3. The van der Waals surface area contributed by atoms with Crippen LogP contribution in [0.4, 0.5) is 0 Å². The molecule has 0 spiro atoms. The Kier molecular flexibility index (Phi) is 55.2. The summed E-state index contributed by atoms with van der Waals surface area (Å²) < 4.78 is 16.9. The van der Waals surface area contributed by atoms with Crippen LogP contribution in [0, 0.1) is 0 Å². The number of carbonyl (C=O) groups excluding carboxylic acids is 3. The van der Waals surface area contributed by atoms with E-state index in [0.29, 0.717) is 19.3 Å². The van der Waals surface area contributed by atoms with Gasteiger partial charge in [0.2, 0.25) is 0 Å². The summed E-state index contributed by atoms with van der Waals surface area (Å²) in [7, 11) is 0. The fourth-order valence-electron chi connectivity index (χ4n) is 8.93. The first-order valence-corrected chi connectivity index (χ1v) is 30.0. The summed E-state index contributed by atoms with van der Waals surface area (Å²) in [6.45, 7) is 6.57. The highest BCUT2D eigenvalue weighted by atomic mass is 16.6. The van der Waals surface area contributed by atoms with Crippen LogP contribution in [-0.4, -0.2) is 37.2 Å². The molecule has 0 heterocycles. The monoisotopic (exact) mass is 955 g/mol. The predicted octanol–water partition coefficient (Wildman–Crippen LogP) is 20.0. The molecule has 6 heteroatoms. The fourth-order valence-corrected chi connectivity index (χ4v) is 8.93. The highest BCUT2D eigenvalue weighted by molar-refractivity contribution is 5.71. The van der Waals surface area contributed by atoms with E-state index in [-0.39, 0.29) is 31.1 Å². The highest BCUT2D eigenvalue weighted by Crippen LogP contribution is 2.17. The molecule has 0 radical (unpaired) electrons. The summed E-state index contributed by atoms with van der Waals surface area (Å²) in [6, 6.07) is 0. The van der Waals surface area contributed by atoms with Crippen LogP contribution in [0.15, 0.2) is 36.5 Å². The minimum Gasteiger partial charge on any atom is -0.462 e. The second kappa shape index (κ2) is 57.2. The predicted molar refractivity (Wildman–Crippen MR) is 293 cm³/mol. The van der Waals surface area contributed by atoms with Gasteiger partial charge in [-0.1, -0.05) is 288 Å². The summed E-state index contributed by atoms with van der Waals surface area (Å²) in [5, 5.41) is 0. The van der Waals surface area contributed by atoms with E-state index in [0.717, 1.165) is 96.3 Å². The van der Waals surface area contributed by atoms with E-state index in [2.05, 4.69) is 57.2 Å². The molecule has 0 amide bonds. The van der Waals surface area contributed by atoms with Crippen molar-refractivity contribution in [3.8, 4) is 0 Å². The van der Waals surface area contributed by atoms with Gasteiger partial charge in [0.25, 0.3) is 0 Å². The van der Waals surface area contributed by atoms with Gasteiger partial charge >= 0.3 is 17.9 Å². The second-order valence-electron chi connectivity index (χ2n) is 20.2. The van der Waals surface area contributed by atoms with Gasteiger partial charge < -0.3 is 14.2 Å². The summed E-state index contributed by atoms with van der Waals surface area (Å²) >= 11 is 0. The van der Waals surface area contributed by atoms with Crippen molar-refractivity contribution in [1.82, 2.24) is 0 Å². The Balaban J connectivity index is 4.29. The topological polar surface area (TPSA) is 78.9 Å². The number of esters is 3. The number of ether oxygens (including phenoxy) is 3. The molecule has 0 aromatic carbocycles. The lowest BCUT2D eigenvalue weighted by Gasteiger charge is -2.18. The third-order valence-corrected chi connectivity index (χ3v) is 13.4. The van der Waals surface area contributed by atoms with Gasteiger partial charge in [-0.05, 0) is 51.4 Å². The number of unbranched alkanes of at least 4 members (excludes halogenated alkanes) is 38.